The molecule has 1 aliphatic heterocycles. The van der Waals surface area contributed by atoms with Gasteiger partial charge in [0.1, 0.15) is 0 Å². The molecule has 0 saturated carbocycles. The number of nitrogens with zero attached hydrogens (tertiary/aromatic N) is 3. The van der Waals surface area contributed by atoms with Crippen molar-refractivity contribution >= 4 is 16.6 Å². The second-order valence-corrected chi connectivity index (χ2v) is 9.72. The minimum Gasteiger partial charge on any atom is -0.378 e. The minimum absolute atomic E-state index is 0.147. The zero-order valence-corrected chi connectivity index (χ0v) is 20.9. The zero-order chi connectivity index (χ0) is 24.4. The number of pyridine rings is 1. The molecule has 3 aromatic carbocycles. The molecule has 1 N–H and O–H groups in total. The highest BCUT2D eigenvalue weighted by atomic mass is 16.1. The maximum absolute atomic E-state index is 13.5. The second-order valence-electron chi connectivity index (χ2n) is 9.72. The fraction of sp³-hybridized carbons (Fsp3) is 0.300. The van der Waals surface area contributed by atoms with Gasteiger partial charge < -0.3 is 9.88 Å². The Morgan fingerprint density at radius 1 is 0.857 bits per heavy atom. The Morgan fingerprint density at radius 2 is 1.46 bits per heavy atom. The van der Waals surface area contributed by atoms with E-state index >= 15 is 0 Å². The van der Waals surface area contributed by atoms with Crippen LogP contribution in [0.5, 0.6) is 0 Å². The summed E-state index contributed by atoms with van der Waals surface area (Å²) in [4.78, 5) is 24.0. The number of anilines is 1. The normalized spacial score (nSPS) is 15.1. The lowest BCUT2D eigenvalue weighted by Gasteiger charge is -2.40. The fourth-order valence-electron chi connectivity index (χ4n) is 5.20. The van der Waals surface area contributed by atoms with Crippen LogP contribution in [0.3, 0.4) is 0 Å². The lowest BCUT2D eigenvalue weighted by Crippen LogP contribution is -2.47. The molecule has 0 radical (unpaired) electrons. The van der Waals surface area contributed by atoms with E-state index in [0.717, 1.165) is 54.0 Å². The third-order valence-corrected chi connectivity index (χ3v) is 7.20. The molecule has 2 heterocycles. The number of hydrogen-bond donors (Lipinski definition) is 1. The quantitative estimate of drug-likeness (QED) is 0.443. The SMILES string of the molecule is Cc1[nH]c2ccc(N(C)C)cc2c(=O)c1CN1CCN(C(c2ccccc2)c2ccccc2)CC1. The maximum atomic E-state index is 13.5. The van der Waals surface area contributed by atoms with E-state index in [-0.39, 0.29) is 11.5 Å². The van der Waals surface area contributed by atoms with Crippen molar-refractivity contribution in [1.82, 2.24) is 14.8 Å². The van der Waals surface area contributed by atoms with Gasteiger partial charge in [-0.1, -0.05) is 60.7 Å². The van der Waals surface area contributed by atoms with Crippen LogP contribution in [0.4, 0.5) is 5.69 Å². The largest absolute Gasteiger partial charge is 0.378 e. The summed E-state index contributed by atoms with van der Waals surface area (Å²) in [7, 11) is 4.00. The summed E-state index contributed by atoms with van der Waals surface area (Å²) in [5, 5.41) is 0.767. The van der Waals surface area contributed by atoms with Crippen molar-refractivity contribution in [2.24, 2.45) is 0 Å². The summed E-state index contributed by atoms with van der Waals surface area (Å²) in [6, 6.07) is 27.9. The lowest BCUT2D eigenvalue weighted by molar-refractivity contribution is 0.104. The molecule has 0 aliphatic carbocycles. The van der Waals surface area contributed by atoms with E-state index in [9.17, 15) is 4.79 Å². The highest BCUT2D eigenvalue weighted by Gasteiger charge is 2.27. The molecule has 1 fully saturated rings. The van der Waals surface area contributed by atoms with Crippen LogP contribution >= 0.6 is 0 Å². The first-order valence-electron chi connectivity index (χ1n) is 12.4. The number of aromatic amines is 1. The van der Waals surface area contributed by atoms with Gasteiger partial charge in [0.2, 0.25) is 0 Å². The standard InChI is InChI=1S/C30H34N4O/c1-22-27(30(35)26-20-25(32(2)3)14-15-28(26)31-22)21-33-16-18-34(19-17-33)29(23-10-6-4-7-11-23)24-12-8-5-9-13-24/h4-15,20,29H,16-19,21H2,1-3H3,(H,31,35). The van der Waals surface area contributed by atoms with Crippen molar-refractivity contribution in [3.8, 4) is 0 Å². The highest BCUT2D eigenvalue weighted by molar-refractivity contribution is 5.83. The Bertz CT molecular complexity index is 1300. The summed E-state index contributed by atoms with van der Waals surface area (Å²) in [6.45, 7) is 6.49. The number of fused-ring (bicyclic) bond motifs is 1. The summed E-state index contributed by atoms with van der Waals surface area (Å²) >= 11 is 0. The molecule has 1 aliphatic rings. The Hall–Kier alpha value is -3.41. The number of rotatable bonds is 6. The molecule has 0 bridgehead atoms. The van der Waals surface area contributed by atoms with Gasteiger partial charge >= 0.3 is 0 Å². The summed E-state index contributed by atoms with van der Waals surface area (Å²) < 4.78 is 0. The number of piperazine rings is 1. The predicted molar refractivity (Wildman–Crippen MR) is 145 cm³/mol. The smallest absolute Gasteiger partial charge is 0.194 e. The maximum Gasteiger partial charge on any atom is 0.194 e. The van der Waals surface area contributed by atoms with E-state index in [1.54, 1.807) is 0 Å². The van der Waals surface area contributed by atoms with Gasteiger partial charge in [0.05, 0.1) is 6.04 Å². The second kappa shape index (κ2) is 10.1. The van der Waals surface area contributed by atoms with Crippen LogP contribution in [-0.4, -0.2) is 55.1 Å². The predicted octanol–water partition coefficient (Wildman–Crippen LogP) is 4.81. The molecule has 4 aromatic rings. The van der Waals surface area contributed by atoms with Crippen LogP contribution in [0.15, 0.2) is 83.7 Å². The molecule has 0 spiro atoms. The van der Waals surface area contributed by atoms with Gasteiger partial charge in [-0.25, -0.2) is 0 Å². The van der Waals surface area contributed by atoms with Crippen molar-refractivity contribution in [1.29, 1.82) is 0 Å². The third kappa shape index (κ3) is 4.88. The average Bonchev–Trinajstić information content (AvgIpc) is 2.88. The molecule has 5 rings (SSSR count). The van der Waals surface area contributed by atoms with E-state index in [1.807, 2.05) is 44.1 Å². The van der Waals surface area contributed by atoms with E-state index in [4.69, 9.17) is 0 Å². The van der Waals surface area contributed by atoms with Crippen LogP contribution in [-0.2, 0) is 6.54 Å². The molecule has 0 atom stereocenters. The van der Waals surface area contributed by atoms with E-state index in [2.05, 4.69) is 75.4 Å². The molecule has 1 aromatic heterocycles. The molecule has 1 saturated heterocycles. The van der Waals surface area contributed by atoms with Crippen LogP contribution in [0.2, 0.25) is 0 Å². The van der Waals surface area contributed by atoms with E-state index in [1.165, 1.54) is 11.1 Å². The van der Waals surface area contributed by atoms with Gasteiger partial charge in [0, 0.05) is 74.7 Å². The monoisotopic (exact) mass is 466 g/mol. The van der Waals surface area contributed by atoms with Crippen LogP contribution < -0.4 is 10.3 Å². The first kappa shape index (κ1) is 23.3. The molecule has 180 valence electrons. The van der Waals surface area contributed by atoms with E-state index in [0.29, 0.717) is 6.54 Å². The number of hydrogen-bond acceptors (Lipinski definition) is 4. The van der Waals surface area contributed by atoms with Gasteiger partial charge in [0.25, 0.3) is 0 Å². The molecule has 5 nitrogen and oxygen atoms in total. The van der Waals surface area contributed by atoms with Gasteiger partial charge in [-0.05, 0) is 36.2 Å². The van der Waals surface area contributed by atoms with Crippen molar-refractivity contribution in [2.75, 3.05) is 45.2 Å². The fourth-order valence-corrected chi connectivity index (χ4v) is 5.20. The first-order valence-corrected chi connectivity index (χ1v) is 12.4. The Kier molecular flexibility index (Phi) is 6.71. The molecular weight excluding hydrogens is 432 g/mol. The number of aryl methyl sites for hydroxylation is 1. The average molecular weight is 467 g/mol. The summed E-state index contributed by atoms with van der Waals surface area (Å²) in [6.07, 6.45) is 0. The topological polar surface area (TPSA) is 42.6 Å². The number of aromatic nitrogens is 1. The van der Waals surface area contributed by atoms with Gasteiger partial charge in [-0.15, -0.1) is 0 Å². The van der Waals surface area contributed by atoms with Gasteiger partial charge in [-0.2, -0.15) is 0 Å². The Morgan fingerprint density at radius 3 is 2.03 bits per heavy atom. The summed E-state index contributed by atoms with van der Waals surface area (Å²) in [5.41, 5.74) is 6.59. The van der Waals surface area contributed by atoms with Crippen molar-refractivity contribution in [3.63, 3.8) is 0 Å². The van der Waals surface area contributed by atoms with Crippen LogP contribution in [0.1, 0.15) is 28.4 Å². The minimum atomic E-state index is 0.147. The van der Waals surface area contributed by atoms with Crippen LogP contribution in [0.25, 0.3) is 10.9 Å². The third-order valence-electron chi connectivity index (χ3n) is 7.20. The number of benzene rings is 3. The van der Waals surface area contributed by atoms with Crippen LogP contribution in [0, 0.1) is 6.92 Å². The lowest BCUT2D eigenvalue weighted by atomic mass is 9.96. The molecule has 5 heteroatoms. The molecule has 0 amide bonds. The zero-order valence-electron chi connectivity index (χ0n) is 20.9. The molecular formula is C30H34N4O. The Labute approximate surface area is 207 Å². The Balaban J connectivity index is 1.35. The van der Waals surface area contributed by atoms with Crippen molar-refractivity contribution in [3.05, 3.63) is 111 Å². The highest BCUT2D eigenvalue weighted by Crippen LogP contribution is 2.29. The first-order chi connectivity index (χ1) is 17.0. The van der Waals surface area contributed by atoms with Gasteiger partial charge in [-0.3, -0.25) is 14.6 Å². The summed E-state index contributed by atoms with van der Waals surface area (Å²) in [5.74, 6) is 0. The molecule has 35 heavy (non-hydrogen) atoms. The number of H-pyrrole nitrogens is 1. The number of nitrogens with one attached hydrogen (secondary N) is 1. The van der Waals surface area contributed by atoms with Crippen molar-refractivity contribution in [2.45, 2.75) is 19.5 Å². The van der Waals surface area contributed by atoms with E-state index < -0.39 is 0 Å². The van der Waals surface area contributed by atoms with Gasteiger partial charge in [0.15, 0.2) is 5.43 Å². The molecule has 0 unspecified atom stereocenters. The van der Waals surface area contributed by atoms with Crippen molar-refractivity contribution < 1.29 is 0 Å².